The number of rotatable bonds is 5. The second-order valence-electron chi connectivity index (χ2n) is 5.26. The summed E-state index contributed by atoms with van der Waals surface area (Å²) in [5.74, 6) is 1.42. The Morgan fingerprint density at radius 2 is 2.00 bits per heavy atom. The molecule has 2 aromatic heterocycles. The maximum absolute atomic E-state index is 13.8. The maximum atomic E-state index is 13.8. The van der Waals surface area contributed by atoms with E-state index in [1.165, 1.54) is 17.8 Å². The van der Waals surface area contributed by atoms with E-state index in [1.54, 1.807) is 18.2 Å². The molecule has 0 aliphatic rings. The third-order valence-corrected chi connectivity index (χ3v) is 4.79. The molecule has 6 nitrogen and oxygen atoms in total. The van der Waals surface area contributed by atoms with Crippen molar-refractivity contribution in [2.75, 3.05) is 0 Å². The molecule has 4 aromatic rings. The predicted molar refractivity (Wildman–Crippen MR) is 98.8 cm³/mol. The highest BCUT2D eigenvalue weighted by Crippen LogP contribution is 2.25. The lowest BCUT2D eigenvalue weighted by atomic mass is 10.2. The van der Waals surface area contributed by atoms with Crippen LogP contribution in [0.2, 0.25) is 0 Å². The van der Waals surface area contributed by atoms with Gasteiger partial charge in [0, 0.05) is 10.0 Å². The largest absolute Gasteiger partial charge is 0.338 e. The van der Waals surface area contributed by atoms with Crippen LogP contribution in [-0.4, -0.2) is 25.3 Å². The molecule has 0 aliphatic heterocycles. The van der Waals surface area contributed by atoms with Crippen molar-refractivity contribution in [1.29, 1.82) is 0 Å². The van der Waals surface area contributed by atoms with Crippen LogP contribution in [-0.2, 0) is 5.75 Å². The summed E-state index contributed by atoms with van der Waals surface area (Å²) >= 11 is 4.74. The summed E-state index contributed by atoms with van der Waals surface area (Å²) in [6, 6.07) is 14.1. The van der Waals surface area contributed by atoms with Gasteiger partial charge in [0.25, 0.3) is 0 Å². The topological polar surface area (TPSA) is 80.5 Å². The standard InChI is InChI=1S/C17H11BrFN5OS/c18-11-5-3-4-10(8-11)15-20-14(25-24-15)9-26-17-21-16(22-23-17)12-6-1-2-7-13(12)19/h1-8H,9H2,(H,21,22,23). The third kappa shape index (κ3) is 3.68. The minimum absolute atomic E-state index is 0.351. The zero-order valence-electron chi connectivity index (χ0n) is 13.2. The second-order valence-corrected chi connectivity index (χ2v) is 7.12. The van der Waals surface area contributed by atoms with E-state index in [0.29, 0.717) is 34.0 Å². The van der Waals surface area contributed by atoms with Gasteiger partial charge in [-0.2, -0.15) is 4.98 Å². The highest BCUT2D eigenvalue weighted by Gasteiger charge is 2.13. The Bertz CT molecular complexity index is 1050. The molecule has 2 aromatic carbocycles. The Balaban J connectivity index is 1.45. The fourth-order valence-electron chi connectivity index (χ4n) is 2.27. The Labute approximate surface area is 160 Å². The molecule has 0 saturated carbocycles. The van der Waals surface area contributed by atoms with Crippen LogP contribution in [0.15, 0.2) is 62.7 Å². The number of hydrogen-bond acceptors (Lipinski definition) is 6. The quantitative estimate of drug-likeness (QED) is 0.460. The number of thioether (sulfide) groups is 1. The van der Waals surface area contributed by atoms with Crippen LogP contribution in [0, 0.1) is 5.82 Å². The highest BCUT2D eigenvalue weighted by atomic mass is 79.9. The summed E-state index contributed by atoms with van der Waals surface area (Å²) in [7, 11) is 0. The zero-order valence-corrected chi connectivity index (χ0v) is 15.6. The maximum Gasteiger partial charge on any atom is 0.237 e. The minimum atomic E-state index is -0.351. The van der Waals surface area contributed by atoms with Crippen molar-refractivity contribution in [1.82, 2.24) is 25.3 Å². The van der Waals surface area contributed by atoms with Crippen LogP contribution in [0.25, 0.3) is 22.8 Å². The first-order chi connectivity index (χ1) is 12.7. The van der Waals surface area contributed by atoms with E-state index >= 15 is 0 Å². The summed E-state index contributed by atoms with van der Waals surface area (Å²) < 4.78 is 20.0. The average molecular weight is 432 g/mol. The Kier molecular flexibility index (Phi) is 4.81. The van der Waals surface area contributed by atoms with Crippen molar-refractivity contribution in [2.24, 2.45) is 0 Å². The summed E-state index contributed by atoms with van der Waals surface area (Å²) in [6.45, 7) is 0. The van der Waals surface area contributed by atoms with Gasteiger partial charge in [0.15, 0.2) is 5.82 Å². The smallest absolute Gasteiger partial charge is 0.237 e. The molecule has 0 fully saturated rings. The number of aromatic nitrogens is 5. The van der Waals surface area contributed by atoms with Gasteiger partial charge in [-0.3, -0.25) is 5.10 Å². The third-order valence-electron chi connectivity index (χ3n) is 3.47. The van der Waals surface area contributed by atoms with Gasteiger partial charge in [0.1, 0.15) is 5.82 Å². The summed E-state index contributed by atoms with van der Waals surface area (Å²) in [4.78, 5) is 8.66. The fraction of sp³-hybridized carbons (Fsp3) is 0.0588. The van der Waals surface area contributed by atoms with Crippen molar-refractivity contribution in [3.05, 3.63) is 64.7 Å². The van der Waals surface area contributed by atoms with Crippen molar-refractivity contribution in [2.45, 2.75) is 10.9 Å². The molecule has 0 saturated heterocycles. The number of nitrogens with one attached hydrogen (secondary N) is 1. The van der Waals surface area contributed by atoms with Crippen LogP contribution >= 0.6 is 27.7 Å². The molecule has 1 N–H and O–H groups in total. The summed E-state index contributed by atoms with van der Waals surface area (Å²) in [6.07, 6.45) is 0. The monoisotopic (exact) mass is 431 g/mol. The van der Waals surface area contributed by atoms with Gasteiger partial charge in [0.2, 0.25) is 16.9 Å². The molecule has 0 bridgehead atoms. The minimum Gasteiger partial charge on any atom is -0.338 e. The molecule has 9 heteroatoms. The zero-order chi connectivity index (χ0) is 17.9. The molecule has 26 heavy (non-hydrogen) atoms. The summed E-state index contributed by atoms with van der Waals surface area (Å²) in [5.41, 5.74) is 1.24. The van der Waals surface area contributed by atoms with Crippen LogP contribution in [0.3, 0.4) is 0 Å². The number of nitrogens with zero attached hydrogens (tertiary/aromatic N) is 4. The number of aromatic amines is 1. The molecule has 0 radical (unpaired) electrons. The lowest BCUT2D eigenvalue weighted by molar-refractivity contribution is 0.391. The molecule has 0 atom stereocenters. The van der Waals surface area contributed by atoms with Gasteiger partial charge >= 0.3 is 0 Å². The van der Waals surface area contributed by atoms with Gasteiger partial charge in [0.05, 0.1) is 11.3 Å². The number of H-pyrrole nitrogens is 1. The first-order valence-electron chi connectivity index (χ1n) is 7.57. The van der Waals surface area contributed by atoms with E-state index in [4.69, 9.17) is 4.52 Å². The normalized spacial score (nSPS) is 11.0. The average Bonchev–Trinajstić information content (AvgIpc) is 3.30. The molecule has 0 spiro atoms. The fourth-order valence-corrected chi connectivity index (χ4v) is 3.30. The second kappa shape index (κ2) is 7.38. The number of halogens is 2. The van der Waals surface area contributed by atoms with Crippen LogP contribution in [0.5, 0.6) is 0 Å². The Hall–Kier alpha value is -2.52. The van der Waals surface area contributed by atoms with Crippen LogP contribution < -0.4 is 0 Å². The van der Waals surface area contributed by atoms with E-state index in [-0.39, 0.29) is 5.82 Å². The van der Waals surface area contributed by atoms with E-state index in [1.807, 2.05) is 24.3 Å². The molecular formula is C17H11BrFN5OS. The molecule has 2 heterocycles. The lowest BCUT2D eigenvalue weighted by Gasteiger charge is -1.96. The van der Waals surface area contributed by atoms with Crippen molar-refractivity contribution in [3.8, 4) is 22.8 Å². The Morgan fingerprint density at radius 1 is 1.12 bits per heavy atom. The molecule has 0 aliphatic carbocycles. The van der Waals surface area contributed by atoms with Gasteiger partial charge in [-0.25, -0.2) is 9.37 Å². The molecule has 4 rings (SSSR count). The van der Waals surface area contributed by atoms with Crippen LogP contribution in [0.1, 0.15) is 5.89 Å². The van der Waals surface area contributed by atoms with Gasteiger partial charge < -0.3 is 4.52 Å². The van der Waals surface area contributed by atoms with Crippen LogP contribution in [0.4, 0.5) is 4.39 Å². The SMILES string of the molecule is Fc1ccccc1-c1nc(SCc2nc(-c3cccc(Br)c3)no2)n[nH]1. The molecular weight excluding hydrogens is 421 g/mol. The number of benzene rings is 2. The van der Waals surface area contributed by atoms with E-state index in [2.05, 4.69) is 41.3 Å². The molecule has 0 unspecified atom stereocenters. The molecule has 0 amide bonds. The van der Waals surface area contributed by atoms with Gasteiger partial charge in [-0.15, -0.1) is 5.10 Å². The lowest BCUT2D eigenvalue weighted by Crippen LogP contribution is -1.86. The van der Waals surface area contributed by atoms with Gasteiger partial charge in [-0.05, 0) is 24.3 Å². The highest BCUT2D eigenvalue weighted by molar-refractivity contribution is 9.10. The van der Waals surface area contributed by atoms with Crippen molar-refractivity contribution < 1.29 is 8.91 Å². The van der Waals surface area contributed by atoms with Crippen molar-refractivity contribution in [3.63, 3.8) is 0 Å². The van der Waals surface area contributed by atoms with Crippen molar-refractivity contribution >= 4 is 27.7 Å². The first kappa shape index (κ1) is 16.9. The Morgan fingerprint density at radius 3 is 2.85 bits per heavy atom. The first-order valence-corrected chi connectivity index (χ1v) is 9.35. The van der Waals surface area contributed by atoms with Gasteiger partial charge in [-0.1, -0.05) is 57.1 Å². The van der Waals surface area contributed by atoms with E-state index in [0.717, 1.165) is 10.0 Å². The molecule has 130 valence electrons. The van der Waals surface area contributed by atoms with E-state index in [9.17, 15) is 4.39 Å². The van der Waals surface area contributed by atoms with E-state index < -0.39 is 0 Å². The predicted octanol–water partition coefficient (Wildman–Crippen LogP) is 4.72. The number of hydrogen-bond donors (Lipinski definition) is 1. The summed E-state index contributed by atoms with van der Waals surface area (Å²) in [5, 5.41) is 11.3.